The Balaban J connectivity index is 3.41. The Labute approximate surface area is 88.5 Å². The van der Waals surface area contributed by atoms with E-state index in [1.807, 2.05) is 0 Å². The Kier molecular flexibility index (Phi) is 3.17. The third kappa shape index (κ3) is 2.13. The number of nitro groups is 1. The molecule has 0 saturated carbocycles. The Hall–Kier alpha value is -2.05. The first-order valence-corrected chi connectivity index (χ1v) is 4.20. The molecule has 0 aliphatic rings. The van der Waals surface area contributed by atoms with E-state index in [-0.39, 0.29) is 5.56 Å². The van der Waals surface area contributed by atoms with Gasteiger partial charge in [0.1, 0.15) is 0 Å². The van der Waals surface area contributed by atoms with Gasteiger partial charge >= 0.3 is 5.97 Å². The predicted octanol–water partition coefficient (Wildman–Crippen LogP) is 2.06. The van der Waals surface area contributed by atoms with Crippen LogP contribution in [0.5, 0.6) is 0 Å². The van der Waals surface area contributed by atoms with Crippen LogP contribution in [-0.4, -0.2) is 16.0 Å². The van der Waals surface area contributed by atoms with Crippen molar-refractivity contribution in [3.05, 3.63) is 39.4 Å². The third-order valence-corrected chi connectivity index (χ3v) is 2.10. The third-order valence-electron chi connectivity index (χ3n) is 2.10. The summed E-state index contributed by atoms with van der Waals surface area (Å²) in [5.74, 6) is -5.33. The van der Waals surface area contributed by atoms with Gasteiger partial charge in [0.2, 0.25) is 0 Å². The monoisotopic (exact) mass is 231 g/mol. The highest BCUT2D eigenvalue weighted by Crippen LogP contribution is 2.28. The highest BCUT2D eigenvalue weighted by Gasteiger charge is 2.26. The first-order chi connectivity index (χ1) is 7.34. The molecule has 5 nitrogen and oxygen atoms in total. The molecule has 1 atom stereocenters. The van der Waals surface area contributed by atoms with Gasteiger partial charge in [0.15, 0.2) is 11.6 Å². The van der Waals surface area contributed by atoms with Crippen LogP contribution in [0.4, 0.5) is 14.5 Å². The molecule has 0 aliphatic carbocycles. The minimum atomic E-state index is -1.38. The number of nitro benzene ring substituents is 1. The van der Waals surface area contributed by atoms with Crippen molar-refractivity contribution < 1.29 is 23.6 Å². The standard InChI is InChI=1S/C9H7F2NO4/c1-4(9(13)14)5-2-6(10)7(11)3-8(5)12(15)16/h2-4H,1H3,(H,13,14). The lowest BCUT2D eigenvalue weighted by atomic mass is 9.99. The fourth-order valence-electron chi connectivity index (χ4n) is 1.19. The maximum atomic E-state index is 12.9. The molecule has 0 saturated heterocycles. The van der Waals surface area contributed by atoms with Gasteiger partial charge < -0.3 is 5.11 Å². The molecule has 0 aromatic heterocycles. The van der Waals surface area contributed by atoms with Gasteiger partial charge in [0, 0.05) is 5.56 Å². The Bertz CT molecular complexity index is 461. The zero-order valence-electron chi connectivity index (χ0n) is 8.11. The molecule has 0 heterocycles. The van der Waals surface area contributed by atoms with Crippen molar-refractivity contribution in [2.75, 3.05) is 0 Å². The average molecular weight is 231 g/mol. The second-order valence-electron chi connectivity index (χ2n) is 3.14. The molecule has 0 fully saturated rings. The second-order valence-corrected chi connectivity index (χ2v) is 3.14. The highest BCUT2D eigenvalue weighted by molar-refractivity contribution is 5.77. The van der Waals surface area contributed by atoms with Gasteiger partial charge in [0.25, 0.3) is 5.69 Å². The van der Waals surface area contributed by atoms with Crippen molar-refractivity contribution in [3.63, 3.8) is 0 Å². The van der Waals surface area contributed by atoms with Crippen molar-refractivity contribution in [3.8, 4) is 0 Å². The predicted molar refractivity (Wildman–Crippen MR) is 49.1 cm³/mol. The van der Waals surface area contributed by atoms with Crippen LogP contribution in [0.3, 0.4) is 0 Å². The molecule has 16 heavy (non-hydrogen) atoms. The molecule has 0 amide bonds. The van der Waals surface area contributed by atoms with Gasteiger partial charge in [-0.1, -0.05) is 0 Å². The summed E-state index contributed by atoms with van der Waals surface area (Å²) >= 11 is 0. The molecule has 0 bridgehead atoms. The maximum Gasteiger partial charge on any atom is 0.310 e. The summed E-state index contributed by atoms with van der Waals surface area (Å²) in [7, 11) is 0. The molecule has 0 radical (unpaired) electrons. The van der Waals surface area contributed by atoms with Gasteiger partial charge in [-0.05, 0) is 13.0 Å². The summed E-state index contributed by atoms with van der Waals surface area (Å²) in [5, 5.41) is 19.2. The van der Waals surface area contributed by atoms with Gasteiger partial charge in [-0.3, -0.25) is 14.9 Å². The van der Waals surface area contributed by atoms with Crippen molar-refractivity contribution in [2.45, 2.75) is 12.8 Å². The molecule has 0 spiro atoms. The topological polar surface area (TPSA) is 80.4 Å². The Morgan fingerprint density at radius 3 is 2.38 bits per heavy atom. The van der Waals surface area contributed by atoms with Gasteiger partial charge in [-0.2, -0.15) is 0 Å². The van der Waals surface area contributed by atoms with Gasteiger partial charge in [-0.15, -0.1) is 0 Å². The molecule has 0 aliphatic heterocycles. The molecule has 1 unspecified atom stereocenters. The lowest BCUT2D eigenvalue weighted by Gasteiger charge is -2.07. The number of carboxylic acid groups (broad SMARTS) is 1. The normalized spacial score (nSPS) is 12.2. The molecule has 1 aromatic rings. The number of hydrogen-bond acceptors (Lipinski definition) is 3. The van der Waals surface area contributed by atoms with E-state index in [4.69, 9.17) is 5.11 Å². The number of hydrogen-bond donors (Lipinski definition) is 1. The minimum Gasteiger partial charge on any atom is -0.481 e. The summed E-state index contributed by atoms with van der Waals surface area (Å²) in [4.78, 5) is 20.2. The lowest BCUT2D eigenvalue weighted by molar-refractivity contribution is -0.385. The van der Waals surface area contributed by atoms with Crippen LogP contribution >= 0.6 is 0 Å². The Morgan fingerprint density at radius 1 is 1.44 bits per heavy atom. The smallest absolute Gasteiger partial charge is 0.310 e. The molecule has 1 aromatic carbocycles. The molecule has 1 N–H and O–H groups in total. The van der Waals surface area contributed by atoms with Crippen LogP contribution in [0.25, 0.3) is 0 Å². The van der Waals surface area contributed by atoms with Gasteiger partial charge in [-0.25, -0.2) is 8.78 Å². The van der Waals surface area contributed by atoms with Crippen molar-refractivity contribution in [1.82, 2.24) is 0 Å². The van der Waals surface area contributed by atoms with Crippen molar-refractivity contribution >= 4 is 11.7 Å². The quantitative estimate of drug-likeness (QED) is 0.637. The number of halogens is 2. The summed E-state index contributed by atoms with van der Waals surface area (Å²) in [5.41, 5.74) is -1.11. The summed E-state index contributed by atoms with van der Waals surface area (Å²) in [6.07, 6.45) is 0. The van der Waals surface area contributed by atoms with Crippen LogP contribution in [0.15, 0.2) is 12.1 Å². The first kappa shape index (κ1) is 12.0. The second kappa shape index (κ2) is 4.21. The number of rotatable bonds is 3. The molecule has 1 rings (SSSR count). The number of carboxylic acids is 1. The highest BCUT2D eigenvalue weighted by atomic mass is 19.2. The van der Waals surface area contributed by atoms with Crippen molar-refractivity contribution in [2.24, 2.45) is 0 Å². The number of nitrogens with zero attached hydrogens (tertiary/aromatic N) is 1. The van der Waals surface area contributed by atoms with E-state index in [9.17, 15) is 23.7 Å². The van der Waals surface area contributed by atoms with E-state index in [0.29, 0.717) is 12.1 Å². The summed E-state index contributed by atoms with van der Waals surface area (Å²) in [6, 6.07) is 0.913. The molecular formula is C9H7F2NO4. The number of aliphatic carboxylic acids is 1. The van der Waals surface area contributed by atoms with E-state index < -0.39 is 34.1 Å². The van der Waals surface area contributed by atoms with E-state index >= 15 is 0 Å². The van der Waals surface area contributed by atoms with Gasteiger partial charge in [0.05, 0.1) is 16.9 Å². The zero-order valence-corrected chi connectivity index (χ0v) is 8.11. The summed E-state index contributed by atoms with van der Waals surface area (Å²) in [6.45, 7) is 1.15. The van der Waals surface area contributed by atoms with Crippen LogP contribution in [-0.2, 0) is 4.79 Å². The van der Waals surface area contributed by atoms with Crippen LogP contribution in [0.1, 0.15) is 18.4 Å². The fraction of sp³-hybridized carbons (Fsp3) is 0.222. The first-order valence-electron chi connectivity index (χ1n) is 4.20. The molecule has 7 heteroatoms. The van der Waals surface area contributed by atoms with E-state index in [0.717, 1.165) is 6.92 Å². The average Bonchev–Trinajstić information content (AvgIpc) is 2.19. The lowest BCUT2D eigenvalue weighted by Crippen LogP contribution is -2.10. The summed E-state index contributed by atoms with van der Waals surface area (Å²) < 4.78 is 25.6. The molecule has 86 valence electrons. The SMILES string of the molecule is CC(C(=O)O)c1cc(F)c(F)cc1[N+](=O)[O-]. The van der Waals surface area contributed by atoms with E-state index in [2.05, 4.69) is 0 Å². The van der Waals surface area contributed by atoms with Crippen LogP contribution in [0.2, 0.25) is 0 Å². The maximum absolute atomic E-state index is 12.9. The molecular weight excluding hydrogens is 224 g/mol. The zero-order chi connectivity index (χ0) is 12.5. The number of carbonyl (C=O) groups is 1. The van der Waals surface area contributed by atoms with E-state index in [1.165, 1.54) is 0 Å². The largest absolute Gasteiger partial charge is 0.481 e. The van der Waals surface area contributed by atoms with Crippen molar-refractivity contribution in [1.29, 1.82) is 0 Å². The van der Waals surface area contributed by atoms with E-state index in [1.54, 1.807) is 0 Å². The Morgan fingerprint density at radius 2 is 1.94 bits per heavy atom. The van der Waals surface area contributed by atoms with Crippen LogP contribution < -0.4 is 0 Å². The number of benzene rings is 1. The minimum absolute atomic E-state index is 0.364. The fourth-order valence-corrected chi connectivity index (χ4v) is 1.19. The van der Waals surface area contributed by atoms with Crippen LogP contribution in [0, 0.1) is 21.7 Å².